The van der Waals surface area contributed by atoms with Crippen LogP contribution in [0.15, 0.2) is 73.8 Å². The fourth-order valence-electron chi connectivity index (χ4n) is 3.88. The Morgan fingerprint density at radius 2 is 0.615 bits per heavy atom. The fraction of sp³-hybridized carbons (Fsp3) is 0.214. The van der Waals surface area contributed by atoms with Gasteiger partial charge in [0.15, 0.2) is 23.3 Å². The topological polar surface area (TPSA) is 97.1 Å². The van der Waals surface area contributed by atoms with Gasteiger partial charge in [0, 0.05) is 24.8 Å². The molecule has 0 amide bonds. The van der Waals surface area contributed by atoms with E-state index in [4.69, 9.17) is 0 Å². The summed E-state index contributed by atoms with van der Waals surface area (Å²) >= 11 is 0. The normalized spacial score (nSPS) is 10.6. The summed E-state index contributed by atoms with van der Waals surface area (Å²) in [6, 6.07) is 8.02. The average molecular weight is 566 g/mol. The first-order valence-electron chi connectivity index (χ1n) is 12.3. The van der Waals surface area contributed by atoms with Crippen molar-refractivity contribution in [3.05, 3.63) is 107 Å². The largest absolute Gasteiger partial charge is 3.00 e. The summed E-state index contributed by atoms with van der Waals surface area (Å²) in [4.78, 5) is 9.20. The molecule has 0 saturated carbocycles. The van der Waals surface area contributed by atoms with Crippen LogP contribution in [0.1, 0.15) is 33.4 Å². The number of rotatable bonds is 4. The van der Waals surface area contributed by atoms with Crippen molar-refractivity contribution in [2.45, 2.75) is 41.5 Å². The molecule has 39 heavy (non-hydrogen) atoms. The number of aryl methyl sites for hydroxylation is 6. The second-order valence-corrected chi connectivity index (χ2v) is 9.57. The number of hydrogen-bond donors (Lipinski definition) is 0. The maximum absolute atomic E-state index is 4.60. The quantitative estimate of drug-likeness (QED) is 0.306. The van der Waals surface area contributed by atoms with Crippen molar-refractivity contribution in [1.29, 1.82) is 0 Å². The van der Waals surface area contributed by atoms with E-state index in [0.717, 1.165) is 56.7 Å². The van der Waals surface area contributed by atoms with Gasteiger partial charge in [-0.1, -0.05) is 0 Å². The van der Waals surface area contributed by atoms with Crippen LogP contribution in [0.4, 0.5) is 0 Å². The van der Waals surface area contributed by atoms with E-state index in [1.807, 2.05) is 115 Å². The van der Waals surface area contributed by atoms with Crippen LogP contribution in [-0.2, 0) is 16.8 Å². The molecule has 6 rings (SSSR count). The second kappa shape index (κ2) is 11.6. The third-order valence-corrected chi connectivity index (χ3v) is 5.67. The van der Waals surface area contributed by atoms with Gasteiger partial charge in [-0.3, -0.25) is 0 Å². The summed E-state index contributed by atoms with van der Waals surface area (Å²) in [5.74, 6) is 3.21. The van der Waals surface area contributed by atoms with E-state index in [1.54, 1.807) is 18.7 Å². The van der Waals surface area contributed by atoms with Gasteiger partial charge in [-0.15, -0.1) is 0 Å². The van der Waals surface area contributed by atoms with Gasteiger partial charge in [-0.25, -0.2) is 28.7 Å². The summed E-state index contributed by atoms with van der Waals surface area (Å²) in [7, 11) is 0. The maximum Gasteiger partial charge on any atom is 3.00 e. The molecule has 0 aliphatic carbocycles. The molecule has 0 atom stereocenters. The number of hydrogen-bond acceptors (Lipinski definition) is 6. The van der Waals surface area contributed by atoms with Crippen LogP contribution in [0.5, 0.6) is 0 Å². The standard InChI is InChI=1S/2C14H15N5.Co/c2*1-10-4-13(18-8-11(2)6-15-18)17-14(5-10)19-9-12(3)7-16-19;/h2*4-9H,1-3H3;/q;;+3. The predicted molar refractivity (Wildman–Crippen MR) is 145 cm³/mol. The second-order valence-electron chi connectivity index (χ2n) is 9.57. The molecular weight excluding hydrogens is 535 g/mol. The van der Waals surface area contributed by atoms with Gasteiger partial charge in [0.25, 0.3) is 0 Å². The molecule has 0 bridgehead atoms. The molecule has 0 aromatic carbocycles. The van der Waals surface area contributed by atoms with Crippen LogP contribution in [0.2, 0.25) is 0 Å². The minimum absolute atomic E-state index is 0. The van der Waals surface area contributed by atoms with Gasteiger partial charge in [0.2, 0.25) is 0 Å². The SMILES string of the molecule is Cc1cc(-n2cc(C)cn2)nc(-n2cc(C)cn2)c1.Cc1cc(-n2cc(C)cn2)nc(-n2cc(C)cn2)c1.[Co+3]. The van der Waals surface area contributed by atoms with Crippen LogP contribution in [0.25, 0.3) is 23.3 Å². The van der Waals surface area contributed by atoms with Crippen molar-refractivity contribution < 1.29 is 16.8 Å². The Balaban J connectivity index is 0.000000176. The first kappa shape index (κ1) is 27.7. The zero-order valence-corrected chi connectivity index (χ0v) is 23.8. The van der Waals surface area contributed by atoms with Crippen molar-refractivity contribution in [1.82, 2.24) is 49.1 Å². The van der Waals surface area contributed by atoms with Crippen molar-refractivity contribution in [2.75, 3.05) is 0 Å². The fourth-order valence-corrected chi connectivity index (χ4v) is 3.88. The zero-order chi connectivity index (χ0) is 26.8. The Hall–Kier alpha value is -4.35. The average Bonchev–Trinajstić information content (AvgIpc) is 3.68. The molecule has 6 aromatic rings. The molecule has 10 nitrogen and oxygen atoms in total. The molecule has 0 fully saturated rings. The summed E-state index contributed by atoms with van der Waals surface area (Å²) in [6.45, 7) is 12.1. The summed E-state index contributed by atoms with van der Waals surface area (Å²) < 4.78 is 7.12. The van der Waals surface area contributed by atoms with Gasteiger partial charge >= 0.3 is 16.8 Å². The molecule has 0 aliphatic rings. The van der Waals surface area contributed by atoms with Crippen LogP contribution in [0, 0.1) is 41.5 Å². The van der Waals surface area contributed by atoms with E-state index >= 15 is 0 Å². The Kier molecular flexibility index (Phi) is 8.22. The van der Waals surface area contributed by atoms with Crippen molar-refractivity contribution in [3.63, 3.8) is 0 Å². The minimum atomic E-state index is 0. The molecule has 6 aromatic heterocycles. The summed E-state index contributed by atoms with van der Waals surface area (Å²) in [6.07, 6.45) is 15.1. The first-order chi connectivity index (χ1) is 18.2. The van der Waals surface area contributed by atoms with E-state index in [9.17, 15) is 0 Å². The smallest absolute Gasteiger partial charge is 0.222 e. The Labute approximate surface area is 237 Å². The molecule has 0 N–H and O–H groups in total. The number of aromatic nitrogens is 10. The van der Waals surface area contributed by atoms with E-state index in [1.165, 1.54) is 0 Å². The molecule has 6 heterocycles. The molecule has 0 radical (unpaired) electrons. The first-order valence-corrected chi connectivity index (χ1v) is 12.3. The van der Waals surface area contributed by atoms with E-state index in [2.05, 4.69) is 30.4 Å². The van der Waals surface area contributed by atoms with Gasteiger partial charge in [0.1, 0.15) is 0 Å². The third-order valence-electron chi connectivity index (χ3n) is 5.67. The minimum Gasteiger partial charge on any atom is -0.222 e. The van der Waals surface area contributed by atoms with Gasteiger partial charge in [-0.05, 0) is 99.2 Å². The summed E-state index contributed by atoms with van der Waals surface area (Å²) in [5, 5.41) is 17.2. The molecule has 0 spiro atoms. The predicted octanol–water partition coefficient (Wildman–Crippen LogP) is 4.75. The van der Waals surface area contributed by atoms with Gasteiger partial charge in [0.05, 0.1) is 24.8 Å². The van der Waals surface area contributed by atoms with E-state index in [-0.39, 0.29) is 16.8 Å². The summed E-state index contributed by atoms with van der Waals surface area (Å²) in [5.41, 5.74) is 6.70. The van der Waals surface area contributed by atoms with Crippen LogP contribution in [-0.4, -0.2) is 49.1 Å². The molecule has 0 saturated heterocycles. The van der Waals surface area contributed by atoms with Gasteiger partial charge < -0.3 is 0 Å². The Morgan fingerprint density at radius 3 is 0.795 bits per heavy atom. The van der Waals surface area contributed by atoms with Crippen LogP contribution >= 0.6 is 0 Å². The number of pyridine rings is 2. The Bertz CT molecular complexity index is 1460. The Morgan fingerprint density at radius 1 is 0.385 bits per heavy atom. The molecule has 0 aliphatic heterocycles. The molecule has 198 valence electrons. The molecular formula is C28H30CoN10+3. The van der Waals surface area contributed by atoms with Crippen molar-refractivity contribution in [2.24, 2.45) is 0 Å². The zero-order valence-electron chi connectivity index (χ0n) is 22.7. The molecule has 11 heteroatoms. The monoisotopic (exact) mass is 565 g/mol. The van der Waals surface area contributed by atoms with Crippen LogP contribution in [0.3, 0.4) is 0 Å². The maximum atomic E-state index is 4.60. The van der Waals surface area contributed by atoms with Crippen LogP contribution < -0.4 is 0 Å². The molecule has 0 unspecified atom stereocenters. The van der Waals surface area contributed by atoms with E-state index in [0.29, 0.717) is 0 Å². The van der Waals surface area contributed by atoms with Crippen molar-refractivity contribution in [3.8, 4) is 23.3 Å². The van der Waals surface area contributed by atoms with Gasteiger partial charge in [-0.2, -0.15) is 20.4 Å². The van der Waals surface area contributed by atoms with Crippen molar-refractivity contribution >= 4 is 0 Å². The number of nitrogens with zero attached hydrogens (tertiary/aromatic N) is 10. The third kappa shape index (κ3) is 6.56. The van der Waals surface area contributed by atoms with E-state index < -0.39 is 0 Å².